The summed E-state index contributed by atoms with van der Waals surface area (Å²) in [5, 5.41) is 13.4. The van der Waals surface area contributed by atoms with Crippen molar-refractivity contribution in [3.63, 3.8) is 0 Å². The summed E-state index contributed by atoms with van der Waals surface area (Å²) in [5.74, 6) is 0.739. The van der Waals surface area contributed by atoms with Crippen LogP contribution in [0, 0.1) is 0 Å². The Bertz CT molecular complexity index is 798. The number of para-hydroxylation sites is 2. The topological polar surface area (TPSA) is 60.0 Å². The molecule has 5 nitrogen and oxygen atoms in total. The van der Waals surface area contributed by atoms with E-state index in [2.05, 4.69) is 14.8 Å². The van der Waals surface area contributed by atoms with Crippen LogP contribution in [0.3, 0.4) is 0 Å². The summed E-state index contributed by atoms with van der Waals surface area (Å²) in [4.78, 5) is 0. The van der Waals surface area contributed by atoms with Crippen LogP contribution >= 0.6 is 0 Å². The monoisotopic (exact) mass is 349 g/mol. The molecular weight excluding hydrogens is 332 g/mol. The molecule has 7 heteroatoms. The number of rotatable bonds is 4. The minimum absolute atomic E-state index is 0.00901. The largest absolute Gasteiger partial charge is 0.586 e. The van der Waals surface area contributed by atoms with E-state index in [-0.39, 0.29) is 24.7 Å². The first-order valence-electron chi connectivity index (χ1n) is 7.99. The van der Waals surface area contributed by atoms with Gasteiger partial charge in [-0.15, -0.1) is 8.78 Å². The fourth-order valence-corrected chi connectivity index (χ4v) is 3.29. The third-order valence-corrected chi connectivity index (χ3v) is 4.59. The second kappa shape index (κ2) is 5.86. The number of hydrogen-bond donors (Lipinski definition) is 2. The summed E-state index contributed by atoms with van der Waals surface area (Å²) >= 11 is 0. The summed E-state index contributed by atoms with van der Waals surface area (Å²) in [5.41, 5.74) is 0.671. The van der Waals surface area contributed by atoms with Gasteiger partial charge in [0, 0.05) is 24.1 Å². The lowest BCUT2D eigenvalue weighted by molar-refractivity contribution is -0.286. The van der Waals surface area contributed by atoms with Gasteiger partial charge in [-0.25, -0.2) is 0 Å². The zero-order valence-electron chi connectivity index (χ0n) is 13.3. The number of benzene rings is 2. The Balaban J connectivity index is 1.61. The van der Waals surface area contributed by atoms with E-state index in [1.807, 2.05) is 24.3 Å². The van der Waals surface area contributed by atoms with E-state index >= 15 is 0 Å². The highest BCUT2D eigenvalue weighted by molar-refractivity contribution is 5.49. The average molecular weight is 349 g/mol. The predicted octanol–water partition coefficient (Wildman–Crippen LogP) is 2.77. The molecule has 2 aromatic rings. The summed E-state index contributed by atoms with van der Waals surface area (Å²) in [6, 6.07) is 12.2. The smallest absolute Gasteiger partial charge is 0.493 e. The van der Waals surface area contributed by atoms with E-state index in [1.54, 1.807) is 12.1 Å². The molecule has 1 atom stereocenters. The van der Waals surface area contributed by atoms with Gasteiger partial charge in [0.2, 0.25) is 0 Å². The summed E-state index contributed by atoms with van der Waals surface area (Å²) in [7, 11) is 0. The molecule has 0 saturated carbocycles. The molecule has 2 aromatic carbocycles. The molecule has 2 heterocycles. The van der Waals surface area contributed by atoms with Crippen molar-refractivity contribution < 1.29 is 28.1 Å². The molecule has 0 bridgehead atoms. The molecule has 132 valence electrons. The van der Waals surface area contributed by atoms with E-state index < -0.39 is 11.8 Å². The van der Waals surface area contributed by atoms with Gasteiger partial charge in [0.1, 0.15) is 5.75 Å². The number of ether oxygens (including phenoxy) is 3. The van der Waals surface area contributed by atoms with Crippen LogP contribution in [0.4, 0.5) is 8.78 Å². The maximum atomic E-state index is 13.3. The molecule has 4 rings (SSSR count). The highest BCUT2D eigenvalue weighted by atomic mass is 19.3. The molecule has 2 aliphatic heterocycles. The molecule has 25 heavy (non-hydrogen) atoms. The number of halogens is 2. The van der Waals surface area contributed by atoms with Crippen LogP contribution in [-0.4, -0.2) is 24.6 Å². The summed E-state index contributed by atoms with van der Waals surface area (Å²) in [6.07, 6.45) is -3.10. The minimum atomic E-state index is -3.65. The van der Waals surface area contributed by atoms with Crippen LogP contribution in [-0.2, 0) is 12.1 Å². The van der Waals surface area contributed by atoms with Gasteiger partial charge in [-0.2, -0.15) is 0 Å². The Morgan fingerprint density at radius 3 is 2.68 bits per heavy atom. The Labute approximate surface area is 143 Å². The molecule has 0 fully saturated rings. The number of hydrogen-bond acceptors (Lipinski definition) is 5. The van der Waals surface area contributed by atoms with E-state index in [0.717, 1.165) is 5.56 Å². The molecule has 0 radical (unpaired) electrons. The van der Waals surface area contributed by atoms with Crippen LogP contribution in [0.5, 0.6) is 17.2 Å². The minimum Gasteiger partial charge on any atom is -0.493 e. The zero-order valence-corrected chi connectivity index (χ0v) is 13.3. The lowest BCUT2D eigenvalue weighted by Gasteiger charge is -2.38. The molecule has 0 spiro atoms. The molecule has 0 aliphatic carbocycles. The van der Waals surface area contributed by atoms with E-state index in [0.29, 0.717) is 24.3 Å². The van der Waals surface area contributed by atoms with Gasteiger partial charge in [-0.05, 0) is 12.1 Å². The molecule has 2 N–H and O–H groups in total. The zero-order chi connectivity index (χ0) is 17.5. The molecule has 1 unspecified atom stereocenters. The molecule has 2 aliphatic rings. The second-order valence-corrected chi connectivity index (χ2v) is 6.10. The average Bonchev–Trinajstić information content (AvgIpc) is 2.94. The highest BCUT2D eigenvalue weighted by Crippen LogP contribution is 2.44. The second-order valence-electron chi connectivity index (χ2n) is 6.10. The van der Waals surface area contributed by atoms with Crippen LogP contribution in [0.2, 0.25) is 0 Å². The first kappa shape index (κ1) is 16.1. The SMILES string of the molecule is OCC1(NCc2cccc3c2OC(F)(F)O3)CCOc2ccccc21. The standard InChI is InChI=1S/C18H17F2NO4/c19-18(20)24-15-7-3-4-12(16(15)25-18)10-21-17(11-22)8-9-23-14-6-2-1-5-13(14)17/h1-7,21-22H,8-11H2. The van der Waals surface area contributed by atoms with Crippen molar-refractivity contribution in [2.45, 2.75) is 24.8 Å². The number of aliphatic hydroxyl groups is 1. The van der Waals surface area contributed by atoms with Gasteiger partial charge < -0.3 is 24.6 Å². The third-order valence-electron chi connectivity index (χ3n) is 4.59. The fourth-order valence-electron chi connectivity index (χ4n) is 3.29. The fraction of sp³-hybridized carbons (Fsp3) is 0.333. The van der Waals surface area contributed by atoms with Crippen LogP contribution in [0.25, 0.3) is 0 Å². The van der Waals surface area contributed by atoms with Gasteiger partial charge in [-0.3, -0.25) is 0 Å². The van der Waals surface area contributed by atoms with Crippen molar-refractivity contribution in [3.05, 3.63) is 53.6 Å². The lowest BCUT2D eigenvalue weighted by atomic mass is 9.85. The number of alkyl halides is 2. The maximum Gasteiger partial charge on any atom is 0.586 e. The van der Waals surface area contributed by atoms with E-state index in [1.165, 1.54) is 6.07 Å². The molecule has 0 aromatic heterocycles. The quantitative estimate of drug-likeness (QED) is 0.889. The van der Waals surface area contributed by atoms with Gasteiger partial charge in [0.05, 0.1) is 18.8 Å². The number of nitrogens with one attached hydrogen (secondary N) is 1. The van der Waals surface area contributed by atoms with E-state index in [9.17, 15) is 13.9 Å². The normalized spacial score (nSPS) is 23.0. The Morgan fingerprint density at radius 1 is 1.04 bits per heavy atom. The summed E-state index contributed by atoms with van der Waals surface area (Å²) < 4.78 is 41.4. The van der Waals surface area contributed by atoms with Crippen molar-refractivity contribution in [2.75, 3.05) is 13.2 Å². The van der Waals surface area contributed by atoms with Crippen molar-refractivity contribution in [3.8, 4) is 17.2 Å². The van der Waals surface area contributed by atoms with Gasteiger partial charge >= 0.3 is 6.29 Å². The molecule has 0 amide bonds. The summed E-state index contributed by atoms with van der Waals surface area (Å²) in [6.45, 7) is 0.544. The third kappa shape index (κ3) is 2.79. The van der Waals surface area contributed by atoms with Crippen LogP contribution in [0.1, 0.15) is 17.5 Å². The Kier molecular flexibility index (Phi) is 3.77. The van der Waals surface area contributed by atoms with E-state index in [4.69, 9.17) is 4.74 Å². The predicted molar refractivity (Wildman–Crippen MR) is 84.8 cm³/mol. The van der Waals surface area contributed by atoms with Crippen molar-refractivity contribution >= 4 is 0 Å². The van der Waals surface area contributed by atoms with Crippen molar-refractivity contribution in [1.82, 2.24) is 5.32 Å². The molecular formula is C18H17F2NO4. The lowest BCUT2D eigenvalue weighted by Crippen LogP contribution is -2.48. The van der Waals surface area contributed by atoms with Crippen molar-refractivity contribution in [1.29, 1.82) is 0 Å². The highest BCUT2D eigenvalue weighted by Gasteiger charge is 2.45. The van der Waals surface area contributed by atoms with Gasteiger partial charge in [0.15, 0.2) is 11.5 Å². The number of fused-ring (bicyclic) bond motifs is 2. The maximum absolute atomic E-state index is 13.3. The van der Waals surface area contributed by atoms with Gasteiger partial charge in [0.25, 0.3) is 0 Å². The van der Waals surface area contributed by atoms with Crippen LogP contribution < -0.4 is 19.5 Å². The Morgan fingerprint density at radius 2 is 1.84 bits per heavy atom. The van der Waals surface area contributed by atoms with Crippen molar-refractivity contribution in [2.24, 2.45) is 0 Å². The number of aliphatic hydroxyl groups excluding tert-OH is 1. The first-order chi connectivity index (χ1) is 12.0. The first-order valence-corrected chi connectivity index (χ1v) is 7.99. The Hall–Kier alpha value is -2.38. The molecule has 0 saturated heterocycles. The van der Waals surface area contributed by atoms with Gasteiger partial charge in [-0.1, -0.05) is 30.3 Å². The van der Waals surface area contributed by atoms with Crippen LogP contribution in [0.15, 0.2) is 42.5 Å².